The Balaban J connectivity index is 1.37. The van der Waals surface area contributed by atoms with Gasteiger partial charge in [0.15, 0.2) is 0 Å². The molecule has 88 valence electrons. The Kier molecular flexibility index (Phi) is 4.94. The molecule has 2 heteroatoms. The van der Waals surface area contributed by atoms with E-state index >= 15 is 0 Å². The highest BCUT2D eigenvalue weighted by Gasteiger charge is 2.21. The van der Waals surface area contributed by atoms with Crippen LogP contribution in [0.4, 0.5) is 0 Å². The van der Waals surface area contributed by atoms with Crippen LogP contribution in [0.25, 0.3) is 0 Å². The molecule has 0 aromatic rings. The minimum atomic E-state index is 0.531. The third-order valence-corrected chi connectivity index (χ3v) is 3.61. The summed E-state index contributed by atoms with van der Waals surface area (Å²) in [5, 5.41) is 0. The molecule has 2 nitrogen and oxygen atoms in total. The minimum absolute atomic E-state index is 0.531. The molecule has 2 fully saturated rings. The summed E-state index contributed by atoms with van der Waals surface area (Å²) in [7, 11) is 0. The zero-order valence-electron chi connectivity index (χ0n) is 9.75. The van der Waals surface area contributed by atoms with E-state index in [2.05, 4.69) is 0 Å². The number of ether oxygens (including phenoxy) is 2. The Hall–Kier alpha value is -0.0800. The molecular formula is C13H24O2. The second-order valence-electron chi connectivity index (χ2n) is 5.00. The fourth-order valence-corrected chi connectivity index (χ4v) is 2.50. The van der Waals surface area contributed by atoms with Crippen molar-refractivity contribution in [3.8, 4) is 0 Å². The average Bonchev–Trinajstić information content (AvgIpc) is 3.09. The molecule has 0 aromatic carbocycles. The van der Waals surface area contributed by atoms with Crippen molar-refractivity contribution < 1.29 is 9.47 Å². The lowest BCUT2D eigenvalue weighted by molar-refractivity contribution is 0.117. The Morgan fingerprint density at radius 3 is 2.53 bits per heavy atom. The fourth-order valence-electron chi connectivity index (χ4n) is 2.50. The number of hydrogen-bond acceptors (Lipinski definition) is 2. The van der Waals surface area contributed by atoms with Crippen molar-refractivity contribution in [2.45, 2.75) is 57.5 Å². The first-order valence-electron chi connectivity index (χ1n) is 6.64. The largest absolute Gasteiger partial charge is 0.381 e. The van der Waals surface area contributed by atoms with E-state index in [0.29, 0.717) is 6.10 Å². The van der Waals surface area contributed by atoms with E-state index < -0.39 is 0 Å². The van der Waals surface area contributed by atoms with Gasteiger partial charge in [-0.1, -0.05) is 32.1 Å². The predicted molar refractivity (Wildman–Crippen MR) is 61.0 cm³/mol. The monoisotopic (exact) mass is 212 g/mol. The van der Waals surface area contributed by atoms with Crippen LogP contribution in [0, 0.1) is 5.92 Å². The minimum Gasteiger partial charge on any atom is -0.381 e. The second kappa shape index (κ2) is 6.49. The molecule has 0 aromatic heterocycles. The quantitative estimate of drug-likeness (QED) is 0.477. The normalized spacial score (nSPS) is 26.8. The lowest BCUT2D eigenvalue weighted by Gasteiger charge is -2.21. The van der Waals surface area contributed by atoms with E-state index in [4.69, 9.17) is 9.47 Å². The standard InChI is InChI=1S/C13H24O2/c1-2-5-12(6-3-1)7-4-9-14-10-8-13-11-15-13/h12-13H,1-11H2. The topological polar surface area (TPSA) is 21.8 Å². The van der Waals surface area contributed by atoms with Gasteiger partial charge >= 0.3 is 0 Å². The Bertz CT molecular complexity index is 160. The Morgan fingerprint density at radius 1 is 1.00 bits per heavy atom. The summed E-state index contributed by atoms with van der Waals surface area (Å²) < 4.78 is 10.7. The maximum Gasteiger partial charge on any atom is 0.0831 e. The summed E-state index contributed by atoms with van der Waals surface area (Å²) in [6, 6.07) is 0. The maximum absolute atomic E-state index is 5.60. The Morgan fingerprint density at radius 2 is 1.80 bits per heavy atom. The van der Waals surface area contributed by atoms with Gasteiger partial charge in [-0.25, -0.2) is 0 Å². The second-order valence-corrected chi connectivity index (χ2v) is 5.00. The molecule has 1 saturated carbocycles. The third kappa shape index (κ3) is 4.98. The Labute approximate surface area is 93.3 Å². The van der Waals surface area contributed by atoms with Crippen molar-refractivity contribution in [1.82, 2.24) is 0 Å². The molecule has 15 heavy (non-hydrogen) atoms. The molecule has 2 aliphatic rings. The van der Waals surface area contributed by atoms with Crippen LogP contribution < -0.4 is 0 Å². The summed E-state index contributed by atoms with van der Waals surface area (Å²) in [5.41, 5.74) is 0. The van der Waals surface area contributed by atoms with E-state index in [1.807, 2.05) is 0 Å². The zero-order valence-corrected chi connectivity index (χ0v) is 9.75. The molecule has 0 spiro atoms. The highest BCUT2D eigenvalue weighted by Crippen LogP contribution is 2.27. The van der Waals surface area contributed by atoms with Crippen molar-refractivity contribution >= 4 is 0 Å². The van der Waals surface area contributed by atoms with Gasteiger partial charge in [-0.3, -0.25) is 0 Å². The summed E-state index contributed by atoms with van der Waals surface area (Å²) in [6.45, 7) is 2.82. The van der Waals surface area contributed by atoms with Crippen molar-refractivity contribution in [2.24, 2.45) is 5.92 Å². The SMILES string of the molecule is C1CCC(CCCOCCC2CO2)CC1. The number of epoxide rings is 1. The molecule has 0 bridgehead atoms. The van der Waals surface area contributed by atoms with Gasteiger partial charge in [-0.15, -0.1) is 0 Å². The van der Waals surface area contributed by atoms with Crippen LogP contribution in [-0.2, 0) is 9.47 Å². The van der Waals surface area contributed by atoms with Gasteiger partial charge in [0.2, 0.25) is 0 Å². The highest BCUT2D eigenvalue weighted by molar-refractivity contribution is 4.68. The first-order chi connectivity index (χ1) is 7.45. The summed E-state index contributed by atoms with van der Waals surface area (Å²) in [4.78, 5) is 0. The van der Waals surface area contributed by atoms with Gasteiger partial charge < -0.3 is 9.47 Å². The zero-order chi connectivity index (χ0) is 10.3. The molecular weight excluding hydrogens is 188 g/mol. The molecule has 2 rings (SSSR count). The molecule has 1 unspecified atom stereocenters. The van der Waals surface area contributed by atoms with Gasteiger partial charge in [0.1, 0.15) is 0 Å². The summed E-state index contributed by atoms with van der Waals surface area (Å²) >= 11 is 0. The van der Waals surface area contributed by atoms with Gasteiger partial charge in [0.25, 0.3) is 0 Å². The molecule has 0 N–H and O–H groups in total. The van der Waals surface area contributed by atoms with Gasteiger partial charge in [0.05, 0.1) is 12.7 Å². The molecule has 1 aliphatic heterocycles. The van der Waals surface area contributed by atoms with E-state index in [0.717, 1.165) is 32.2 Å². The third-order valence-electron chi connectivity index (χ3n) is 3.61. The first-order valence-corrected chi connectivity index (χ1v) is 6.64. The molecule has 0 radical (unpaired) electrons. The lowest BCUT2D eigenvalue weighted by Crippen LogP contribution is -2.08. The average molecular weight is 212 g/mol. The summed E-state index contributed by atoms with van der Waals surface area (Å²) in [5.74, 6) is 1.01. The van der Waals surface area contributed by atoms with Gasteiger partial charge in [-0.2, -0.15) is 0 Å². The van der Waals surface area contributed by atoms with E-state index in [1.165, 1.54) is 44.9 Å². The van der Waals surface area contributed by atoms with Crippen LogP contribution in [0.5, 0.6) is 0 Å². The predicted octanol–water partition coefficient (Wildman–Crippen LogP) is 3.15. The molecule has 0 amide bonds. The number of hydrogen-bond donors (Lipinski definition) is 0. The van der Waals surface area contributed by atoms with Crippen molar-refractivity contribution in [1.29, 1.82) is 0 Å². The first kappa shape index (κ1) is 11.4. The van der Waals surface area contributed by atoms with Crippen LogP contribution >= 0.6 is 0 Å². The lowest BCUT2D eigenvalue weighted by atomic mass is 9.86. The van der Waals surface area contributed by atoms with Gasteiger partial charge in [-0.05, 0) is 25.2 Å². The van der Waals surface area contributed by atoms with E-state index in [-0.39, 0.29) is 0 Å². The van der Waals surface area contributed by atoms with Gasteiger partial charge in [0, 0.05) is 13.2 Å². The van der Waals surface area contributed by atoms with E-state index in [1.54, 1.807) is 0 Å². The molecule has 1 atom stereocenters. The smallest absolute Gasteiger partial charge is 0.0831 e. The fraction of sp³-hybridized carbons (Fsp3) is 1.00. The van der Waals surface area contributed by atoms with Crippen LogP contribution in [0.15, 0.2) is 0 Å². The number of rotatable bonds is 7. The van der Waals surface area contributed by atoms with E-state index in [9.17, 15) is 0 Å². The van der Waals surface area contributed by atoms with Crippen LogP contribution in [0.1, 0.15) is 51.4 Å². The molecule has 1 heterocycles. The molecule has 1 saturated heterocycles. The van der Waals surface area contributed by atoms with Crippen LogP contribution in [0.2, 0.25) is 0 Å². The van der Waals surface area contributed by atoms with Crippen LogP contribution in [-0.4, -0.2) is 25.9 Å². The van der Waals surface area contributed by atoms with Crippen molar-refractivity contribution in [2.75, 3.05) is 19.8 Å². The van der Waals surface area contributed by atoms with Crippen LogP contribution in [0.3, 0.4) is 0 Å². The van der Waals surface area contributed by atoms with Crippen molar-refractivity contribution in [3.05, 3.63) is 0 Å². The van der Waals surface area contributed by atoms with Crippen molar-refractivity contribution in [3.63, 3.8) is 0 Å². The summed E-state index contributed by atoms with van der Waals surface area (Å²) in [6.07, 6.45) is 11.6. The highest BCUT2D eigenvalue weighted by atomic mass is 16.6. The molecule has 1 aliphatic carbocycles. The maximum atomic E-state index is 5.60.